The van der Waals surface area contributed by atoms with Crippen LogP contribution in [-0.2, 0) is 54.7 Å². The largest absolute Gasteiger partial charge is 0.489 e. The molecule has 0 saturated carbocycles. The SMILES string of the molecule is COC(=O)[C@H](CCCCOCc1ccccc1)NC(=O)[C@H](CCc1ccccc1)CC(=O)[C@H](Cc1cccc(OCc2ccccc2)c1)N1CCCC1=O. The highest BCUT2D eigenvalue weighted by Crippen LogP contribution is 2.25. The smallest absolute Gasteiger partial charge is 0.328 e. The molecule has 1 aliphatic rings. The van der Waals surface area contributed by atoms with Gasteiger partial charge in [-0.3, -0.25) is 14.4 Å². The first-order valence-electron chi connectivity index (χ1n) is 19.0. The van der Waals surface area contributed by atoms with Gasteiger partial charge < -0.3 is 24.4 Å². The summed E-state index contributed by atoms with van der Waals surface area (Å²) < 4.78 is 16.9. The van der Waals surface area contributed by atoms with E-state index in [2.05, 4.69) is 5.32 Å². The van der Waals surface area contributed by atoms with Crippen molar-refractivity contribution < 1.29 is 33.4 Å². The van der Waals surface area contributed by atoms with Crippen molar-refractivity contribution in [3.8, 4) is 5.75 Å². The number of nitrogens with one attached hydrogen (secondary N) is 1. The maximum Gasteiger partial charge on any atom is 0.328 e. The van der Waals surface area contributed by atoms with Gasteiger partial charge >= 0.3 is 5.97 Å². The molecule has 4 aromatic rings. The summed E-state index contributed by atoms with van der Waals surface area (Å²) in [6.07, 6.45) is 3.98. The number of carbonyl (C=O) groups excluding carboxylic acids is 4. The molecule has 9 heteroatoms. The molecule has 2 amide bonds. The maximum absolute atomic E-state index is 14.3. The van der Waals surface area contributed by atoms with Gasteiger partial charge in [0.05, 0.1) is 19.8 Å². The second-order valence-corrected chi connectivity index (χ2v) is 13.8. The van der Waals surface area contributed by atoms with Crippen molar-refractivity contribution in [2.75, 3.05) is 20.3 Å². The molecule has 0 unspecified atom stereocenters. The fraction of sp³-hybridized carbons (Fsp3) is 0.378. The zero-order valence-electron chi connectivity index (χ0n) is 31.2. The minimum Gasteiger partial charge on any atom is -0.489 e. The van der Waals surface area contributed by atoms with Crippen molar-refractivity contribution in [1.29, 1.82) is 0 Å². The van der Waals surface area contributed by atoms with Crippen molar-refractivity contribution in [3.05, 3.63) is 138 Å². The lowest BCUT2D eigenvalue weighted by Crippen LogP contribution is -2.47. The van der Waals surface area contributed by atoms with Crippen molar-refractivity contribution in [1.82, 2.24) is 10.2 Å². The Morgan fingerprint density at radius 2 is 1.41 bits per heavy atom. The highest BCUT2D eigenvalue weighted by Gasteiger charge is 2.36. The highest BCUT2D eigenvalue weighted by atomic mass is 16.5. The maximum atomic E-state index is 14.3. The number of hydrogen-bond acceptors (Lipinski definition) is 7. The van der Waals surface area contributed by atoms with E-state index >= 15 is 0 Å². The van der Waals surface area contributed by atoms with Crippen molar-refractivity contribution in [2.24, 2.45) is 5.92 Å². The summed E-state index contributed by atoms with van der Waals surface area (Å²) in [5.41, 5.74) is 4.04. The molecule has 284 valence electrons. The van der Waals surface area contributed by atoms with Crippen LogP contribution in [0.5, 0.6) is 5.75 Å². The number of Topliss-reactive ketones (excluding diaryl/α,β-unsaturated/α-hetero) is 1. The van der Waals surface area contributed by atoms with Crippen molar-refractivity contribution in [2.45, 2.75) is 83.1 Å². The fourth-order valence-corrected chi connectivity index (χ4v) is 6.81. The average Bonchev–Trinajstić information content (AvgIpc) is 3.64. The monoisotopic (exact) mass is 732 g/mol. The minimum atomic E-state index is -0.861. The Morgan fingerprint density at radius 1 is 0.759 bits per heavy atom. The lowest BCUT2D eigenvalue weighted by Gasteiger charge is -2.29. The summed E-state index contributed by atoms with van der Waals surface area (Å²) in [5.74, 6) is -1.20. The molecule has 0 radical (unpaired) electrons. The van der Waals surface area contributed by atoms with Gasteiger partial charge in [0.15, 0.2) is 5.78 Å². The van der Waals surface area contributed by atoms with Gasteiger partial charge in [-0.2, -0.15) is 0 Å². The van der Waals surface area contributed by atoms with Gasteiger partial charge in [0.1, 0.15) is 18.4 Å². The van der Waals surface area contributed by atoms with E-state index in [1.807, 2.05) is 115 Å². The summed E-state index contributed by atoms with van der Waals surface area (Å²) in [6.45, 7) is 1.92. The Kier molecular flexibility index (Phi) is 15.8. The van der Waals surface area contributed by atoms with E-state index in [1.54, 1.807) is 4.90 Å². The number of unbranched alkanes of at least 4 members (excludes halogenated alkanes) is 1. The number of carbonyl (C=O) groups is 4. The third-order valence-electron chi connectivity index (χ3n) is 9.82. The molecule has 0 aliphatic carbocycles. The topological polar surface area (TPSA) is 111 Å². The predicted molar refractivity (Wildman–Crippen MR) is 207 cm³/mol. The van der Waals surface area contributed by atoms with Gasteiger partial charge in [-0.05, 0) is 72.9 Å². The van der Waals surface area contributed by atoms with E-state index in [4.69, 9.17) is 14.2 Å². The summed E-state index contributed by atoms with van der Waals surface area (Å²) in [6, 6.07) is 35.6. The zero-order chi connectivity index (χ0) is 38.0. The van der Waals surface area contributed by atoms with Crippen molar-refractivity contribution >= 4 is 23.6 Å². The number of amides is 2. The Labute approximate surface area is 319 Å². The van der Waals surface area contributed by atoms with Crippen LogP contribution in [0.3, 0.4) is 0 Å². The van der Waals surface area contributed by atoms with E-state index in [1.165, 1.54) is 7.11 Å². The molecule has 9 nitrogen and oxygen atoms in total. The van der Waals surface area contributed by atoms with Crippen molar-refractivity contribution in [3.63, 3.8) is 0 Å². The number of ether oxygens (including phenoxy) is 3. The van der Waals surface area contributed by atoms with E-state index in [0.717, 1.165) is 22.3 Å². The number of rotatable bonds is 22. The zero-order valence-corrected chi connectivity index (χ0v) is 31.2. The lowest BCUT2D eigenvalue weighted by atomic mass is 9.89. The Hall–Kier alpha value is -5.28. The van der Waals surface area contributed by atoms with Crippen LogP contribution < -0.4 is 10.1 Å². The number of hydrogen-bond donors (Lipinski definition) is 1. The summed E-state index contributed by atoms with van der Waals surface area (Å²) in [7, 11) is 1.31. The molecule has 0 spiro atoms. The fourth-order valence-electron chi connectivity index (χ4n) is 6.81. The van der Waals surface area contributed by atoms with E-state index in [0.29, 0.717) is 83.5 Å². The quantitative estimate of drug-likeness (QED) is 0.0681. The Balaban J connectivity index is 1.26. The number of ketones is 1. The van der Waals surface area contributed by atoms with Crippen LogP contribution in [0.4, 0.5) is 0 Å². The highest BCUT2D eigenvalue weighted by molar-refractivity contribution is 5.94. The first kappa shape index (κ1) is 39.9. The Morgan fingerprint density at radius 3 is 2.06 bits per heavy atom. The number of nitrogens with zero attached hydrogens (tertiary/aromatic N) is 1. The molecular weight excluding hydrogens is 681 g/mol. The van der Waals surface area contributed by atoms with Gasteiger partial charge in [0.2, 0.25) is 11.8 Å². The molecular formula is C45H52N2O7. The molecule has 0 aromatic heterocycles. The van der Waals surface area contributed by atoms with Gasteiger partial charge in [0, 0.05) is 38.3 Å². The van der Waals surface area contributed by atoms with E-state index in [-0.39, 0.29) is 24.0 Å². The van der Waals surface area contributed by atoms with Crippen LogP contribution in [0.25, 0.3) is 0 Å². The van der Waals surface area contributed by atoms with E-state index in [9.17, 15) is 19.2 Å². The summed E-state index contributed by atoms with van der Waals surface area (Å²) in [4.78, 5) is 56.0. The number of methoxy groups -OCH3 is 1. The molecule has 5 rings (SSSR count). The van der Waals surface area contributed by atoms with Gasteiger partial charge in [-0.15, -0.1) is 0 Å². The average molecular weight is 733 g/mol. The molecule has 3 atom stereocenters. The molecule has 1 heterocycles. The molecule has 1 aliphatic heterocycles. The van der Waals surface area contributed by atoms with E-state index < -0.39 is 24.0 Å². The van der Waals surface area contributed by atoms with Gasteiger partial charge in [-0.1, -0.05) is 103 Å². The molecule has 54 heavy (non-hydrogen) atoms. The van der Waals surface area contributed by atoms with Crippen LogP contribution in [0.2, 0.25) is 0 Å². The molecule has 0 bridgehead atoms. The third-order valence-corrected chi connectivity index (χ3v) is 9.82. The number of likely N-dealkylation sites (tertiary alicyclic amines) is 1. The minimum absolute atomic E-state index is 0.0615. The van der Waals surface area contributed by atoms with Crippen LogP contribution in [0, 0.1) is 5.92 Å². The third kappa shape index (κ3) is 12.7. The van der Waals surface area contributed by atoms with Crippen LogP contribution in [0.15, 0.2) is 115 Å². The van der Waals surface area contributed by atoms with Crippen LogP contribution >= 0.6 is 0 Å². The molecule has 1 N–H and O–H groups in total. The van der Waals surface area contributed by atoms with Gasteiger partial charge in [0.25, 0.3) is 0 Å². The first-order chi connectivity index (χ1) is 26.4. The lowest BCUT2D eigenvalue weighted by molar-refractivity contribution is -0.146. The van der Waals surface area contributed by atoms with Crippen LogP contribution in [0.1, 0.15) is 67.2 Å². The normalized spacial score (nSPS) is 14.2. The summed E-state index contributed by atoms with van der Waals surface area (Å²) in [5, 5.41) is 2.92. The number of esters is 1. The summed E-state index contributed by atoms with van der Waals surface area (Å²) >= 11 is 0. The second-order valence-electron chi connectivity index (χ2n) is 13.8. The Bertz CT molecular complexity index is 1770. The first-order valence-corrected chi connectivity index (χ1v) is 19.0. The second kappa shape index (κ2) is 21.4. The molecule has 4 aromatic carbocycles. The molecule has 1 saturated heterocycles. The van der Waals surface area contributed by atoms with Gasteiger partial charge in [-0.25, -0.2) is 4.79 Å². The predicted octanol–water partition coefficient (Wildman–Crippen LogP) is 7.05. The number of aryl methyl sites for hydroxylation is 1. The molecule has 1 fully saturated rings. The standard InChI is InChI=1S/C45H52N2O7/c1-52-45(51)40(23-11-12-28-53-32-35-17-7-3-8-18-35)46-44(50)38(26-25-34-15-5-2-6-16-34)31-42(48)41(47-27-14-24-43(47)49)30-37-21-13-22-39(29-37)54-33-36-19-9-4-10-20-36/h2-10,13,15-22,29,38,40-41H,11-12,14,23-28,30-33H2,1H3,(H,46,50)/t38-,40+,41+/m1/s1. The number of benzene rings is 4. The van der Waals surface area contributed by atoms with Crippen LogP contribution in [-0.4, -0.2) is 60.8 Å².